The molecule has 0 aliphatic carbocycles. The van der Waals surface area contributed by atoms with Crippen LogP contribution in [-0.2, 0) is 22.5 Å². The molecule has 3 heterocycles. The summed E-state index contributed by atoms with van der Waals surface area (Å²) in [7, 11) is 0. The van der Waals surface area contributed by atoms with Crippen molar-refractivity contribution in [2.24, 2.45) is 0 Å². The molecule has 2 atom stereocenters. The molecule has 1 aliphatic heterocycles. The lowest BCUT2D eigenvalue weighted by Gasteiger charge is -2.34. The normalized spacial score (nSPS) is 21.4. The first-order chi connectivity index (χ1) is 11.9. The molecule has 0 unspecified atom stereocenters. The van der Waals surface area contributed by atoms with Crippen molar-refractivity contribution < 1.29 is 14.1 Å². The SMILES string of the molecule is Cc1noc(C)c1CC(=O)Nc1nc(CN2C[C@@H](C)O[C@@H](C)C2)cs1. The predicted molar refractivity (Wildman–Crippen MR) is 95.7 cm³/mol. The molecule has 0 radical (unpaired) electrons. The number of anilines is 1. The molecule has 2 aromatic heterocycles. The number of aromatic nitrogens is 2. The average Bonchev–Trinajstić information content (AvgIpc) is 3.07. The molecule has 1 saturated heterocycles. The first-order valence-electron chi connectivity index (χ1n) is 8.44. The Morgan fingerprint density at radius 1 is 1.36 bits per heavy atom. The molecule has 136 valence electrons. The van der Waals surface area contributed by atoms with Gasteiger partial charge in [-0.3, -0.25) is 9.69 Å². The summed E-state index contributed by atoms with van der Waals surface area (Å²) in [6.07, 6.45) is 0.711. The van der Waals surface area contributed by atoms with E-state index in [0.717, 1.165) is 36.6 Å². The summed E-state index contributed by atoms with van der Waals surface area (Å²) < 4.78 is 10.8. The number of aryl methyl sites for hydroxylation is 2. The topological polar surface area (TPSA) is 80.5 Å². The summed E-state index contributed by atoms with van der Waals surface area (Å²) in [6, 6.07) is 0. The Bertz CT molecular complexity index is 713. The van der Waals surface area contributed by atoms with E-state index in [2.05, 4.69) is 34.2 Å². The van der Waals surface area contributed by atoms with Crippen LogP contribution in [0.15, 0.2) is 9.90 Å². The number of amides is 1. The highest BCUT2D eigenvalue weighted by atomic mass is 32.1. The van der Waals surface area contributed by atoms with Gasteiger partial charge in [0.2, 0.25) is 5.91 Å². The number of hydrogen-bond donors (Lipinski definition) is 1. The fourth-order valence-electron chi connectivity index (χ4n) is 3.16. The Morgan fingerprint density at radius 2 is 2.08 bits per heavy atom. The second kappa shape index (κ2) is 7.63. The zero-order valence-corrected chi connectivity index (χ0v) is 15.9. The number of carbonyl (C=O) groups is 1. The minimum atomic E-state index is -0.107. The van der Waals surface area contributed by atoms with Gasteiger partial charge in [-0.1, -0.05) is 5.16 Å². The number of carbonyl (C=O) groups excluding carboxylic acids is 1. The average molecular weight is 364 g/mol. The lowest BCUT2D eigenvalue weighted by atomic mass is 10.1. The minimum Gasteiger partial charge on any atom is -0.373 e. The van der Waals surface area contributed by atoms with Gasteiger partial charge in [-0.25, -0.2) is 4.98 Å². The zero-order valence-electron chi connectivity index (χ0n) is 15.0. The molecule has 1 N–H and O–H groups in total. The van der Waals surface area contributed by atoms with Gasteiger partial charge in [0.1, 0.15) is 5.76 Å². The molecule has 1 fully saturated rings. The molecule has 3 rings (SSSR count). The Balaban J connectivity index is 1.55. The number of nitrogens with one attached hydrogen (secondary N) is 1. The lowest BCUT2D eigenvalue weighted by Crippen LogP contribution is -2.44. The van der Waals surface area contributed by atoms with Crippen LogP contribution in [-0.4, -0.2) is 46.2 Å². The van der Waals surface area contributed by atoms with E-state index in [1.165, 1.54) is 11.3 Å². The highest BCUT2D eigenvalue weighted by Gasteiger charge is 2.23. The molecule has 1 amide bonds. The van der Waals surface area contributed by atoms with Crippen LogP contribution in [0.2, 0.25) is 0 Å². The van der Waals surface area contributed by atoms with Crippen molar-refractivity contribution >= 4 is 22.4 Å². The van der Waals surface area contributed by atoms with E-state index in [1.54, 1.807) is 0 Å². The first-order valence-corrected chi connectivity index (χ1v) is 9.32. The number of ether oxygens (including phenoxy) is 1. The van der Waals surface area contributed by atoms with Gasteiger partial charge in [-0.15, -0.1) is 11.3 Å². The smallest absolute Gasteiger partial charge is 0.230 e. The van der Waals surface area contributed by atoms with Crippen LogP contribution in [0.5, 0.6) is 0 Å². The van der Waals surface area contributed by atoms with Gasteiger partial charge in [0, 0.05) is 30.6 Å². The Hall–Kier alpha value is -1.77. The summed E-state index contributed by atoms with van der Waals surface area (Å²) in [5.41, 5.74) is 2.56. The van der Waals surface area contributed by atoms with Gasteiger partial charge >= 0.3 is 0 Å². The Morgan fingerprint density at radius 3 is 2.72 bits per heavy atom. The van der Waals surface area contributed by atoms with Crippen molar-refractivity contribution in [3.05, 3.63) is 28.1 Å². The summed E-state index contributed by atoms with van der Waals surface area (Å²) >= 11 is 1.45. The summed E-state index contributed by atoms with van der Waals surface area (Å²) in [5.74, 6) is 0.576. The third-order valence-corrected chi connectivity index (χ3v) is 5.00. The van der Waals surface area contributed by atoms with E-state index < -0.39 is 0 Å². The van der Waals surface area contributed by atoms with E-state index in [9.17, 15) is 4.79 Å². The number of rotatable bonds is 5. The molecule has 7 nitrogen and oxygen atoms in total. The van der Waals surface area contributed by atoms with Crippen molar-refractivity contribution in [1.29, 1.82) is 0 Å². The summed E-state index contributed by atoms with van der Waals surface area (Å²) in [6.45, 7) is 10.4. The lowest BCUT2D eigenvalue weighted by molar-refractivity contribution is -0.115. The summed E-state index contributed by atoms with van der Waals surface area (Å²) in [4.78, 5) is 19.1. The molecular formula is C17H24N4O3S. The molecule has 0 aromatic carbocycles. The minimum absolute atomic E-state index is 0.107. The van der Waals surface area contributed by atoms with Crippen LogP contribution in [0, 0.1) is 13.8 Å². The zero-order chi connectivity index (χ0) is 18.0. The number of thiazole rings is 1. The molecule has 0 saturated carbocycles. The maximum absolute atomic E-state index is 12.2. The van der Waals surface area contributed by atoms with Crippen LogP contribution in [0.3, 0.4) is 0 Å². The van der Waals surface area contributed by atoms with Gasteiger partial charge in [0.15, 0.2) is 5.13 Å². The van der Waals surface area contributed by atoms with Crippen molar-refractivity contribution in [1.82, 2.24) is 15.0 Å². The monoisotopic (exact) mass is 364 g/mol. The number of morpholine rings is 1. The summed E-state index contributed by atoms with van der Waals surface area (Å²) in [5, 5.41) is 9.36. The molecule has 0 bridgehead atoms. The fraction of sp³-hybridized carbons (Fsp3) is 0.588. The number of hydrogen-bond acceptors (Lipinski definition) is 7. The second-order valence-corrected chi connectivity index (χ2v) is 7.48. The molecular weight excluding hydrogens is 340 g/mol. The van der Waals surface area contributed by atoms with Gasteiger partial charge in [-0.05, 0) is 27.7 Å². The first kappa shape index (κ1) is 18.0. The van der Waals surface area contributed by atoms with Crippen molar-refractivity contribution in [2.75, 3.05) is 18.4 Å². The van der Waals surface area contributed by atoms with Crippen LogP contribution in [0.25, 0.3) is 0 Å². The van der Waals surface area contributed by atoms with Crippen LogP contribution in [0.1, 0.15) is 36.6 Å². The maximum Gasteiger partial charge on any atom is 0.230 e. The number of nitrogens with zero attached hydrogens (tertiary/aromatic N) is 3. The Labute approximate surface area is 151 Å². The third-order valence-electron chi connectivity index (χ3n) is 4.20. The van der Waals surface area contributed by atoms with E-state index in [-0.39, 0.29) is 24.5 Å². The van der Waals surface area contributed by atoms with Crippen molar-refractivity contribution in [3.8, 4) is 0 Å². The molecule has 0 spiro atoms. The van der Waals surface area contributed by atoms with Crippen LogP contribution < -0.4 is 5.32 Å². The van der Waals surface area contributed by atoms with Gasteiger partial charge in [-0.2, -0.15) is 0 Å². The predicted octanol–water partition coefficient (Wildman–Crippen LogP) is 2.54. The van der Waals surface area contributed by atoms with Crippen molar-refractivity contribution in [2.45, 2.75) is 52.9 Å². The van der Waals surface area contributed by atoms with E-state index in [1.807, 2.05) is 19.2 Å². The van der Waals surface area contributed by atoms with Crippen molar-refractivity contribution in [3.63, 3.8) is 0 Å². The molecule has 1 aliphatic rings. The van der Waals surface area contributed by atoms with Gasteiger partial charge in [0.25, 0.3) is 0 Å². The van der Waals surface area contributed by atoms with E-state index in [0.29, 0.717) is 10.9 Å². The highest BCUT2D eigenvalue weighted by Crippen LogP contribution is 2.20. The maximum atomic E-state index is 12.2. The quantitative estimate of drug-likeness (QED) is 0.878. The van der Waals surface area contributed by atoms with Gasteiger partial charge in [0.05, 0.1) is 30.0 Å². The van der Waals surface area contributed by atoms with Crippen LogP contribution >= 0.6 is 11.3 Å². The molecule has 25 heavy (non-hydrogen) atoms. The van der Waals surface area contributed by atoms with E-state index in [4.69, 9.17) is 9.26 Å². The standard InChI is InChI=1S/C17H24N4O3S/c1-10-6-21(7-11(2)23-10)8-14-9-25-17(18-14)19-16(22)5-15-12(3)20-24-13(15)4/h9-11H,5-8H2,1-4H3,(H,18,19,22)/t10-,11+. The molecule has 8 heteroatoms. The molecule has 2 aromatic rings. The fourth-order valence-corrected chi connectivity index (χ4v) is 3.88. The van der Waals surface area contributed by atoms with Gasteiger partial charge < -0.3 is 14.6 Å². The van der Waals surface area contributed by atoms with E-state index >= 15 is 0 Å². The third kappa shape index (κ3) is 4.65. The Kier molecular flexibility index (Phi) is 5.51. The second-order valence-electron chi connectivity index (χ2n) is 6.62. The van der Waals surface area contributed by atoms with Crippen LogP contribution in [0.4, 0.5) is 5.13 Å². The highest BCUT2D eigenvalue weighted by molar-refractivity contribution is 7.13. The largest absolute Gasteiger partial charge is 0.373 e.